The third-order valence-electron chi connectivity index (χ3n) is 8.53. The van der Waals surface area contributed by atoms with Gasteiger partial charge in [0.1, 0.15) is 6.04 Å². The van der Waals surface area contributed by atoms with E-state index in [0.717, 1.165) is 31.2 Å². The standard InChI is InChI=1S/C34H47N3O4/c1-5-6-12-24(3)34(40)37(4)30-15-10-11-18-41-32-21-28(27-19-23(2)16-17-26(27)32)35-22-31(38)29(36-33(30)39)20-25-13-8-7-9-14-25/h7-11,13-14,16-17,19,24,28-32,35,38H,5-6,12,15,18,20-22H2,1-4H3,(H,36,39)/b11-10+/t24-,28?,29-,30-,31+,32+/m0/s1. The van der Waals surface area contributed by atoms with Gasteiger partial charge in [0.15, 0.2) is 0 Å². The minimum atomic E-state index is -0.835. The summed E-state index contributed by atoms with van der Waals surface area (Å²) in [5.41, 5.74) is 4.61. The maximum atomic E-state index is 13.8. The summed E-state index contributed by atoms with van der Waals surface area (Å²) in [6, 6.07) is 15.2. The van der Waals surface area contributed by atoms with Gasteiger partial charge in [-0.3, -0.25) is 9.59 Å². The lowest BCUT2D eigenvalue weighted by molar-refractivity contribution is -0.142. The van der Waals surface area contributed by atoms with Crippen molar-refractivity contribution in [3.8, 4) is 0 Å². The van der Waals surface area contributed by atoms with E-state index in [-0.39, 0.29) is 29.9 Å². The molecule has 0 aromatic heterocycles. The minimum absolute atomic E-state index is 0.0350. The number of aliphatic hydroxyl groups excluding tert-OH is 1. The number of carbonyl (C=O) groups is 2. The Morgan fingerprint density at radius 2 is 1.93 bits per heavy atom. The fraction of sp³-hybridized carbons (Fsp3) is 0.529. The molecule has 0 saturated heterocycles. The lowest BCUT2D eigenvalue weighted by Crippen LogP contribution is -2.55. The molecular weight excluding hydrogens is 514 g/mol. The number of nitrogens with zero attached hydrogens (tertiary/aromatic N) is 1. The Hall–Kier alpha value is -3.00. The number of aliphatic hydroxyl groups is 1. The molecule has 1 aliphatic heterocycles. The van der Waals surface area contributed by atoms with E-state index in [0.29, 0.717) is 26.0 Å². The maximum absolute atomic E-state index is 13.8. The Labute approximate surface area is 245 Å². The van der Waals surface area contributed by atoms with E-state index in [1.54, 1.807) is 11.9 Å². The number of ether oxygens (including phenoxy) is 1. The molecule has 41 heavy (non-hydrogen) atoms. The van der Waals surface area contributed by atoms with Crippen molar-refractivity contribution in [3.63, 3.8) is 0 Å². The van der Waals surface area contributed by atoms with Gasteiger partial charge in [-0.25, -0.2) is 0 Å². The van der Waals surface area contributed by atoms with Gasteiger partial charge in [-0.2, -0.15) is 0 Å². The lowest BCUT2D eigenvalue weighted by atomic mass is 9.98. The first-order valence-corrected chi connectivity index (χ1v) is 15.2. The Balaban J connectivity index is 1.61. The molecule has 4 rings (SSSR count). The largest absolute Gasteiger partial charge is 0.390 e. The molecule has 7 nitrogen and oxygen atoms in total. The first kappa shape index (κ1) is 30.9. The van der Waals surface area contributed by atoms with Crippen LogP contribution >= 0.6 is 0 Å². The molecule has 3 N–H and O–H groups in total. The van der Waals surface area contributed by atoms with Gasteiger partial charge in [-0.05, 0) is 49.3 Å². The Morgan fingerprint density at radius 3 is 2.68 bits per heavy atom. The van der Waals surface area contributed by atoms with Gasteiger partial charge in [-0.1, -0.05) is 92.9 Å². The molecule has 2 aromatic carbocycles. The maximum Gasteiger partial charge on any atom is 0.243 e. The summed E-state index contributed by atoms with van der Waals surface area (Å²) in [5, 5.41) is 18.2. The first-order chi connectivity index (χ1) is 19.8. The summed E-state index contributed by atoms with van der Waals surface area (Å²) in [5.74, 6) is -0.454. The van der Waals surface area contributed by atoms with Gasteiger partial charge < -0.3 is 25.4 Å². The number of nitrogens with one attached hydrogen (secondary N) is 2. The van der Waals surface area contributed by atoms with E-state index in [9.17, 15) is 14.7 Å². The van der Waals surface area contributed by atoms with Crippen LogP contribution in [-0.2, 0) is 20.7 Å². The van der Waals surface area contributed by atoms with Crippen molar-refractivity contribution in [2.45, 2.75) is 89.6 Å². The molecular formula is C34H47N3O4. The normalized spacial score (nSPS) is 26.7. The van der Waals surface area contributed by atoms with Gasteiger partial charge in [-0.15, -0.1) is 0 Å². The number of β-amino-alcohol motifs (C(OH)–C–C–N with tert-alkyl or cyclic N) is 1. The second-order valence-electron chi connectivity index (χ2n) is 11.7. The van der Waals surface area contributed by atoms with Gasteiger partial charge in [0.05, 0.1) is 24.9 Å². The van der Waals surface area contributed by atoms with Crippen LogP contribution in [0.25, 0.3) is 0 Å². The first-order valence-electron chi connectivity index (χ1n) is 15.2. The number of rotatable bonds is 7. The van der Waals surface area contributed by atoms with E-state index < -0.39 is 18.2 Å². The zero-order valence-corrected chi connectivity index (χ0v) is 25.0. The predicted octanol–water partition coefficient (Wildman–Crippen LogP) is 4.79. The Morgan fingerprint density at radius 1 is 1.15 bits per heavy atom. The van der Waals surface area contributed by atoms with Crippen LogP contribution in [0.3, 0.4) is 0 Å². The zero-order valence-electron chi connectivity index (χ0n) is 25.0. The number of likely N-dealkylation sites (N-methyl/N-ethyl adjacent to an activating group) is 1. The number of carbonyl (C=O) groups excluding carboxylic acids is 2. The van der Waals surface area contributed by atoms with Crippen molar-refractivity contribution in [2.75, 3.05) is 20.2 Å². The van der Waals surface area contributed by atoms with Gasteiger partial charge >= 0.3 is 0 Å². The molecule has 0 radical (unpaired) electrons. The van der Waals surface area contributed by atoms with Crippen molar-refractivity contribution < 1.29 is 19.4 Å². The molecule has 1 aliphatic carbocycles. The average molecular weight is 562 g/mol. The molecule has 1 heterocycles. The molecule has 0 saturated carbocycles. The van der Waals surface area contributed by atoms with Crippen LogP contribution in [0.4, 0.5) is 0 Å². The molecule has 222 valence electrons. The fourth-order valence-corrected chi connectivity index (χ4v) is 5.98. The summed E-state index contributed by atoms with van der Waals surface area (Å²) in [6.45, 7) is 6.87. The highest BCUT2D eigenvalue weighted by Crippen LogP contribution is 2.41. The number of aryl methyl sites for hydroxylation is 1. The van der Waals surface area contributed by atoms with Crippen LogP contribution in [0, 0.1) is 12.8 Å². The molecule has 2 aromatic rings. The van der Waals surface area contributed by atoms with Crippen LogP contribution in [-0.4, -0.2) is 60.2 Å². The Bertz CT molecular complexity index is 1180. The number of amides is 2. The molecule has 2 aliphatic rings. The highest BCUT2D eigenvalue weighted by molar-refractivity contribution is 5.88. The second kappa shape index (κ2) is 14.8. The molecule has 1 unspecified atom stereocenters. The minimum Gasteiger partial charge on any atom is -0.390 e. The van der Waals surface area contributed by atoms with E-state index in [4.69, 9.17) is 4.74 Å². The summed E-state index contributed by atoms with van der Waals surface area (Å²) in [7, 11) is 1.72. The smallest absolute Gasteiger partial charge is 0.243 e. The van der Waals surface area contributed by atoms with Crippen molar-refractivity contribution in [2.24, 2.45) is 5.92 Å². The van der Waals surface area contributed by atoms with E-state index in [1.165, 1.54) is 16.7 Å². The number of hydrogen-bond acceptors (Lipinski definition) is 5. The summed E-state index contributed by atoms with van der Waals surface area (Å²) in [6.07, 6.45) is 7.42. The van der Waals surface area contributed by atoms with E-state index >= 15 is 0 Å². The van der Waals surface area contributed by atoms with Crippen molar-refractivity contribution >= 4 is 11.8 Å². The van der Waals surface area contributed by atoms with Crippen LogP contribution in [0.5, 0.6) is 0 Å². The summed E-state index contributed by atoms with van der Waals surface area (Å²) >= 11 is 0. The van der Waals surface area contributed by atoms with Crippen molar-refractivity contribution in [1.29, 1.82) is 0 Å². The monoisotopic (exact) mass is 561 g/mol. The summed E-state index contributed by atoms with van der Waals surface area (Å²) < 4.78 is 6.28. The lowest BCUT2D eigenvalue weighted by Gasteiger charge is -2.32. The SMILES string of the molecule is CCCC[C@H](C)C(=O)N(C)[C@H]1C/C=C/CO[C@@H]2CC(NC[C@@H](O)[C@H](Cc3ccccc3)NC1=O)c1cc(C)ccc12. The molecule has 0 spiro atoms. The van der Waals surface area contributed by atoms with E-state index in [1.807, 2.05) is 49.4 Å². The zero-order chi connectivity index (χ0) is 29.4. The third-order valence-corrected chi connectivity index (χ3v) is 8.53. The average Bonchev–Trinajstić information content (AvgIpc) is 3.31. The number of fused-ring (bicyclic) bond motifs is 5. The molecule has 7 heteroatoms. The quantitative estimate of drug-likeness (QED) is 0.423. The number of benzene rings is 2. The highest BCUT2D eigenvalue weighted by Gasteiger charge is 2.34. The van der Waals surface area contributed by atoms with Crippen LogP contribution in [0.15, 0.2) is 60.7 Å². The number of hydrogen-bond donors (Lipinski definition) is 3. The highest BCUT2D eigenvalue weighted by atomic mass is 16.5. The van der Waals surface area contributed by atoms with Crippen molar-refractivity contribution in [3.05, 3.63) is 82.9 Å². The predicted molar refractivity (Wildman–Crippen MR) is 162 cm³/mol. The third kappa shape index (κ3) is 8.06. The van der Waals surface area contributed by atoms with Crippen LogP contribution in [0.1, 0.15) is 80.4 Å². The molecule has 0 fully saturated rings. The van der Waals surface area contributed by atoms with E-state index in [2.05, 4.69) is 42.7 Å². The number of unbranched alkanes of at least 4 members (excludes halogenated alkanes) is 1. The van der Waals surface area contributed by atoms with Crippen LogP contribution in [0.2, 0.25) is 0 Å². The molecule has 2 amide bonds. The fourth-order valence-electron chi connectivity index (χ4n) is 5.98. The van der Waals surface area contributed by atoms with Crippen molar-refractivity contribution in [1.82, 2.24) is 15.5 Å². The van der Waals surface area contributed by atoms with Crippen LogP contribution < -0.4 is 10.6 Å². The Kier molecular flexibility index (Phi) is 11.1. The summed E-state index contributed by atoms with van der Waals surface area (Å²) in [4.78, 5) is 28.7. The molecule has 2 bridgehead atoms. The van der Waals surface area contributed by atoms with Gasteiger partial charge in [0.25, 0.3) is 0 Å². The van der Waals surface area contributed by atoms with Gasteiger partial charge in [0.2, 0.25) is 11.8 Å². The van der Waals surface area contributed by atoms with Gasteiger partial charge in [0, 0.05) is 25.6 Å². The topological polar surface area (TPSA) is 90.9 Å². The molecule has 6 atom stereocenters. The second-order valence-corrected chi connectivity index (χ2v) is 11.7.